The molecule has 282 valence electrons. The van der Waals surface area contributed by atoms with Crippen molar-refractivity contribution in [2.45, 2.75) is 45.3 Å². The lowest BCUT2D eigenvalue weighted by molar-refractivity contribution is -0.141. The van der Waals surface area contributed by atoms with Crippen molar-refractivity contribution in [1.82, 2.24) is 36.0 Å². The molecule has 0 bridgehead atoms. The highest BCUT2D eigenvalue weighted by atomic mass is 16.5. The van der Waals surface area contributed by atoms with Crippen LogP contribution >= 0.6 is 0 Å². The Balaban J connectivity index is 1.90. The molecular weight excluding hydrogens is 670 g/mol. The number of aliphatic carboxylic acids is 2. The molecule has 1 fully saturated rings. The van der Waals surface area contributed by atoms with E-state index in [1.54, 1.807) is 54.0 Å². The van der Waals surface area contributed by atoms with Crippen molar-refractivity contribution in [3.8, 4) is 5.75 Å². The van der Waals surface area contributed by atoms with Gasteiger partial charge in [-0.2, -0.15) is 0 Å². The fourth-order valence-corrected chi connectivity index (χ4v) is 5.03. The number of hydrogen-bond acceptors (Lipinski definition) is 12. The van der Waals surface area contributed by atoms with Crippen LogP contribution in [0.15, 0.2) is 30.3 Å². The van der Waals surface area contributed by atoms with Crippen LogP contribution in [-0.4, -0.2) is 163 Å². The van der Waals surface area contributed by atoms with Crippen molar-refractivity contribution in [2.75, 3.05) is 72.1 Å². The number of carboxylic acids is 2. The second kappa shape index (κ2) is 22.0. The molecule has 51 heavy (non-hydrogen) atoms. The molecule has 2 rings (SSSR count). The summed E-state index contributed by atoms with van der Waals surface area (Å²) in [4.78, 5) is 103. The molecule has 6 N–H and O–H groups in total. The number of carboxylic acid groups (broad SMARTS) is 2. The maximum absolute atomic E-state index is 13.1. The molecule has 3 unspecified atom stereocenters. The van der Waals surface area contributed by atoms with Crippen LogP contribution in [0.2, 0.25) is 0 Å². The smallest absolute Gasteiger partial charge is 0.317 e. The quantitative estimate of drug-likeness (QED) is 0.0768. The lowest BCUT2D eigenvalue weighted by Crippen LogP contribution is -2.57. The molecule has 0 saturated carbocycles. The third kappa shape index (κ3) is 16.5. The highest BCUT2D eigenvalue weighted by molar-refractivity contribution is 5.96. The van der Waals surface area contributed by atoms with Gasteiger partial charge in [-0.3, -0.25) is 48.3 Å². The molecule has 1 aromatic rings. The number of aldehydes is 1. The fourth-order valence-electron chi connectivity index (χ4n) is 5.03. The molecule has 18 nitrogen and oxygen atoms in total. The Morgan fingerprint density at radius 2 is 1.35 bits per heavy atom. The Morgan fingerprint density at radius 1 is 0.765 bits per heavy atom. The van der Waals surface area contributed by atoms with Crippen LogP contribution in [0, 0.1) is 5.92 Å². The van der Waals surface area contributed by atoms with Crippen LogP contribution in [0.25, 0.3) is 0 Å². The van der Waals surface area contributed by atoms with Gasteiger partial charge in [0.1, 0.15) is 36.8 Å². The third-order valence-corrected chi connectivity index (χ3v) is 7.93. The van der Waals surface area contributed by atoms with E-state index < -0.39 is 85.0 Å². The number of Topliss-reactive ketones (excluding diaryl/α,β-unsaturated/α-hetero) is 1. The van der Waals surface area contributed by atoms with Crippen LogP contribution in [0.5, 0.6) is 5.75 Å². The van der Waals surface area contributed by atoms with E-state index in [0.717, 1.165) is 6.29 Å². The topological polar surface area (TPSA) is 244 Å². The van der Waals surface area contributed by atoms with E-state index in [9.17, 15) is 48.6 Å². The second-order valence-corrected chi connectivity index (χ2v) is 12.4. The van der Waals surface area contributed by atoms with Gasteiger partial charge in [-0.15, -0.1) is 0 Å². The molecule has 1 aliphatic heterocycles. The summed E-state index contributed by atoms with van der Waals surface area (Å²) in [5, 5.41) is 28.4. The van der Waals surface area contributed by atoms with Gasteiger partial charge in [0.05, 0.1) is 32.6 Å². The average Bonchev–Trinajstić information content (AvgIpc) is 3.15. The minimum atomic E-state index is -1.43. The molecule has 0 spiro atoms. The maximum atomic E-state index is 13.1. The molecule has 1 aliphatic rings. The van der Waals surface area contributed by atoms with Gasteiger partial charge in [-0.1, -0.05) is 32.0 Å². The first kappa shape index (κ1) is 42.2. The van der Waals surface area contributed by atoms with E-state index in [1.165, 1.54) is 6.92 Å². The average molecular weight is 720 g/mol. The summed E-state index contributed by atoms with van der Waals surface area (Å²) >= 11 is 0. The lowest BCUT2D eigenvalue weighted by atomic mass is 10.0. The predicted molar refractivity (Wildman–Crippen MR) is 182 cm³/mol. The van der Waals surface area contributed by atoms with E-state index >= 15 is 0 Å². The first-order valence-electron chi connectivity index (χ1n) is 16.6. The monoisotopic (exact) mass is 719 g/mol. The first-order valence-corrected chi connectivity index (χ1v) is 16.6. The van der Waals surface area contributed by atoms with Gasteiger partial charge in [-0.05, 0) is 25.0 Å². The minimum absolute atomic E-state index is 0.0897. The van der Waals surface area contributed by atoms with E-state index in [0.29, 0.717) is 45.0 Å². The Morgan fingerprint density at radius 3 is 1.90 bits per heavy atom. The SMILES string of the molecule is CC(NC(=O)C(NC(=O)CNC(=O)CN1CCN(CC=O)CCN(CC(=O)O)CC1)C(C)C)C(=O)NC(CC(=O)O)C(=O)COc1ccccc1. The van der Waals surface area contributed by atoms with Gasteiger partial charge in [0.15, 0.2) is 5.78 Å². The highest BCUT2D eigenvalue weighted by Crippen LogP contribution is 2.09. The molecule has 0 radical (unpaired) electrons. The molecule has 0 aromatic heterocycles. The van der Waals surface area contributed by atoms with Crippen LogP contribution in [0.3, 0.4) is 0 Å². The highest BCUT2D eigenvalue weighted by Gasteiger charge is 2.30. The number of amides is 4. The number of benzene rings is 1. The first-order chi connectivity index (χ1) is 24.2. The summed E-state index contributed by atoms with van der Waals surface area (Å²) in [5.74, 6) is -5.77. The zero-order chi connectivity index (χ0) is 37.9. The third-order valence-electron chi connectivity index (χ3n) is 7.93. The molecule has 1 aromatic carbocycles. The van der Waals surface area contributed by atoms with Crippen molar-refractivity contribution in [3.05, 3.63) is 30.3 Å². The molecule has 18 heteroatoms. The maximum Gasteiger partial charge on any atom is 0.317 e. The number of nitrogens with one attached hydrogen (secondary N) is 4. The summed E-state index contributed by atoms with van der Waals surface area (Å²) in [6.07, 6.45) is 0.0551. The van der Waals surface area contributed by atoms with Crippen molar-refractivity contribution in [2.24, 2.45) is 5.92 Å². The van der Waals surface area contributed by atoms with Crippen LogP contribution in [0.1, 0.15) is 27.2 Å². The van der Waals surface area contributed by atoms with Gasteiger partial charge in [0, 0.05) is 39.3 Å². The molecule has 3 atom stereocenters. The predicted octanol–water partition coefficient (Wildman–Crippen LogP) is -2.44. The number of para-hydroxylation sites is 1. The summed E-state index contributed by atoms with van der Waals surface area (Å²) in [7, 11) is 0. The summed E-state index contributed by atoms with van der Waals surface area (Å²) in [6.45, 7) is 6.23. The second-order valence-electron chi connectivity index (χ2n) is 12.4. The molecule has 1 saturated heterocycles. The van der Waals surface area contributed by atoms with Gasteiger partial charge in [0.2, 0.25) is 23.6 Å². The number of rotatable bonds is 20. The van der Waals surface area contributed by atoms with Crippen molar-refractivity contribution in [3.63, 3.8) is 0 Å². The molecule has 4 amide bonds. The van der Waals surface area contributed by atoms with Gasteiger partial charge >= 0.3 is 11.9 Å². The molecular formula is C33H49N7O11. The minimum Gasteiger partial charge on any atom is -0.486 e. The standard InChI is InChI=1S/C33H49N7O11/c1-22(2)31(33(50)35-23(3)32(49)36-25(17-29(45)46)26(42)21-51-24-7-5-4-6-8-24)37-27(43)18-34-28(44)19-39-11-9-38(15-16-41)10-12-40(14-13-39)20-30(47)48/h4-8,16,22-23,25,31H,9-15,17-21H2,1-3H3,(H,34,44)(H,35,50)(H,36,49)(H,37,43)(H,45,46)(H,47,48). The lowest BCUT2D eigenvalue weighted by Gasteiger charge is -2.25. The van der Waals surface area contributed by atoms with Gasteiger partial charge in [-0.25, -0.2) is 0 Å². The Bertz CT molecular complexity index is 1360. The van der Waals surface area contributed by atoms with Crippen molar-refractivity contribution < 1.29 is 53.3 Å². The van der Waals surface area contributed by atoms with Crippen molar-refractivity contribution >= 4 is 47.6 Å². The summed E-state index contributed by atoms with van der Waals surface area (Å²) in [6, 6.07) is 4.60. The summed E-state index contributed by atoms with van der Waals surface area (Å²) < 4.78 is 5.38. The molecule has 0 aliphatic carbocycles. The van der Waals surface area contributed by atoms with Crippen LogP contribution in [-0.2, 0) is 38.4 Å². The van der Waals surface area contributed by atoms with E-state index in [4.69, 9.17) is 4.74 Å². The van der Waals surface area contributed by atoms with Crippen LogP contribution < -0.4 is 26.0 Å². The van der Waals surface area contributed by atoms with E-state index in [-0.39, 0.29) is 19.6 Å². The number of nitrogens with zero attached hydrogens (tertiary/aromatic N) is 3. The van der Waals surface area contributed by atoms with E-state index in [1.807, 2.05) is 4.90 Å². The zero-order valence-electron chi connectivity index (χ0n) is 29.2. The fraction of sp³-hybridized carbons (Fsp3) is 0.576. The molecule has 1 heterocycles. The van der Waals surface area contributed by atoms with E-state index in [2.05, 4.69) is 21.3 Å². The zero-order valence-corrected chi connectivity index (χ0v) is 29.2. The van der Waals surface area contributed by atoms with Gasteiger partial charge < -0.3 is 41.0 Å². The number of carbonyl (C=O) groups excluding carboxylic acids is 6. The Kier molecular flexibility index (Phi) is 18.2. The van der Waals surface area contributed by atoms with Gasteiger partial charge in [0.25, 0.3) is 0 Å². The number of ketones is 1. The summed E-state index contributed by atoms with van der Waals surface area (Å²) in [5.41, 5.74) is 0. The number of hydrogen-bond donors (Lipinski definition) is 6. The van der Waals surface area contributed by atoms with Crippen molar-refractivity contribution in [1.29, 1.82) is 0 Å². The van der Waals surface area contributed by atoms with Crippen LogP contribution in [0.4, 0.5) is 0 Å². The largest absolute Gasteiger partial charge is 0.486 e. The Hall–Kier alpha value is -4.94. The number of carbonyl (C=O) groups is 8. The number of ether oxygens (including phenoxy) is 1. The Labute approximate surface area is 296 Å². The normalized spacial score (nSPS) is 16.2.